The minimum absolute atomic E-state index is 0.0715. The molecule has 0 radical (unpaired) electrons. The van der Waals surface area contributed by atoms with E-state index in [2.05, 4.69) is 10.6 Å². The molecule has 6 nitrogen and oxygen atoms in total. The summed E-state index contributed by atoms with van der Waals surface area (Å²) in [5.74, 6) is 0.217. The van der Waals surface area contributed by atoms with Crippen LogP contribution in [0, 0.1) is 0 Å². The van der Waals surface area contributed by atoms with Gasteiger partial charge in [0.25, 0.3) is 0 Å². The van der Waals surface area contributed by atoms with Gasteiger partial charge in [-0.05, 0) is 31.0 Å². The molecule has 0 aromatic heterocycles. The molecular formula is C15H20N2O4. The molecule has 2 atom stereocenters. The third-order valence-corrected chi connectivity index (χ3v) is 3.33. The van der Waals surface area contributed by atoms with Crippen LogP contribution in [0.5, 0.6) is 5.75 Å². The molecule has 21 heavy (non-hydrogen) atoms. The van der Waals surface area contributed by atoms with Crippen LogP contribution < -0.4 is 15.4 Å². The molecule has 1 aromatic rings. The van der Waals surface area contributed by atoms with Gasteiger partial charge in [0.15, 0.2) is 0 Å². The average molecular weight is 292 g/mol. The SMILES string of the molecule is CCOc1cccc([C@@H]2C[C@H]2NC(=O)NCCC(=O)O)c1. The van der Waals surface area contributed by atoms with Gasteiger partial charge in [0.05, 0.1) is 13.0 Å². The standard InChI is InChI=1S/C15H20N2O4/c1-2-21-11-5-3-4-10(8-11)12-9-13(12)17-15(20)16-7-6-14(18)19/h3-5,8,12-13H,2,6-7,9H2,1H3,(H,18,19)(H2,16,17,20)/t12-,13+/m0/s1. The zero-order chi connectivity index (χ0) is 15.2. The first-order chi connectivity index (χ1) is 10.1. The van der Waals surface area contributed by atoms with Crippen molar-refractivity contribution >= 4 is 12.0 Å². The number of nitrogens with one attached hydrogen (secondary N) is 2. The van der Waals surface area contributed by atoms with Crippen molar-refractivity contribution in [2.24, 2.45) is 0 Å². The van der Waals surface area contributed by atoms with Crippen molar-refractivity contribution in [2.45, 2.75) is 31.7 Å². The Morgan fingerprint density at radius 1 is 1.43 bits per heavy atom. The highest BCUT2D eigenvalue weighted by Crippen LogP contribution is 2.41. The molecule has 1 fully saturated rings. The van der Waals surface area contributed by atoms with Crippen molar-refractivity contribution in [3.05, 3.63) is 29.8 Å². The number of benzene rings is 1. The van der Waals surface area contributed by atoms with Gasteiger partial charge < -0.3 is 20.5 Å². The Kier molecular flexibility index (Phi) is 5.03. The number of aliphatic carboxylic acids is 1. The van der Waals surface area contributed by atoms with Crippen LogP contribution in [-0.2, 0) is 4.79 Å². The Balaban J connectivity index is 1.77. The maximum atomic E-state index is 11.6. The minimum atomic E-state index is -0.924. The van der Waals surface area contributed by atoms with E-state index in [0.717, 1.165) is 17.7 Å². The zero-order valence-electron chi connectivity index (χ0n) is 12.0. The van der Waals surface area contributed by atoms with E-state index in [1.54, 1.807) is 0 Å². The molecule has 2 rings (SSSR count). The van der Waals surface area contributed by atoms with Gasteiger partial charge in [-0.1, -0.05) is 12.1 Å². The molecule has 1 aliphatic rings. The van der Waals surface area contributed by atoms with Gasteiger partial charge >= 0.3 is 12.0 Å². The Labute approximate surface area is 123 Å². The number of hydrogen-bond donors (Lipinski definition) is 3. The van der Waals surface area contributed by atoms with E-state index < -0.39 is 5.97 Å². The van der Waals surface area contributed by atoms with E-state index in [-0.39, 0.29) is 25.0 Å². The molecule has 0 spiro atoms. The number of carboxylic acid groups (broad SMARTS) is 1. The number of rotatable bonds is 7. The number of ether oxygens (including phenoxy) is 1. The lowest BCUT2D eigenvalue weighted by atomic mass is 10.1. The highest BCUT2D eigenvalue weighted by atomic mass is 16.5. The van der Waals surface area contributed by atoms with Gasteiger partial charge in [-0.2, -0.15) is 0 Å². The maximum absolute atomic E-state index is 11.6. The van der Waals surface area contributed by atoms with Gasteiger partial charge in [-0.15, -0.1) is 0 Å². The van der Waals surface area contributed by atoms with Crippen molar-refractivity contribution in [1.82, 2.24) is 10.6 Å². The smallest absolute Gasteiger partial charge is 0.315 e. The summed E-state index contributed by atoms with van der Waals surface area (Å²) < 4.78 is 5.46. The number of carbonyl (C=O) groups is 2. The van der Waals surface area contributed by atoms with Crippen LogP contribution in [-0.4, -0.2) is 36.3 Å². The van der Waals surface area contributed by atoms with Crippen LogP contribution in [0.2, 0.25) is 0 Å². The normalized spacial score (nSPS) is 19.7. The molecule has 1 saturated carbocycles. The summed E-state index contributed by atoms with van der Waals surface area (Å²) >= 11 is 0. The molecule has 0 saturated heterocycles. The summed E-state index contributed by atoms with van der Waals surface area (Å²) in [4.78, 5) is 21.9. The monoisotopic (exact) mass is 292 g/mol. The molecular weight excluding hydrogens is 272 g/mol. The fourth-order valence-corrected chi connectivity index (χ4v) is 2.23. The van der Waals surface area contributed by atoms with Crippen molar-refractivity contribution in [3.8, 4) is 5.75 Å². The molecule has 2 amide bonds. The van der Waals surface area contributed by atoms with Gasteiger partial charge in [0.1, 0.15) is 5.75 Å². The predicted octanol–water partition coefficient (Wildman–Crippen LogP) is 1.72. The Hall–Kier alpha value is -2.24. The molecule has 114 valence electrons. The van der Waals surface area contributed by atoms with Crippen LogP contribution in [0.25, 0.3) is 0 Å². The number of amides is 2. The number of urea groups is 1. The molecule has 1 aliphatic carbocycles. The Morgan fingerprint density at radius 2 is 2.24 bits per heavy atom. The highest BCUT2D eigenvalue weighted by Gasteiger charge is 2.39. The average Bonchev–Trinajstić information content (AvgIpc) is 3.18. The quantitative estimate of drug-likeness (QED) is 0.714. The highest BCUT2D eigenvalue weighted by molar-refractivity contribution is 5.75. The Morgan fingerprint density at radius 3 is 2.95 bits per heavy atom. The Bertz CT molecular complexity index is 518. The summed E-state index contributed by atoms with van der Waals surface area (Å²) in [5.41, 5.74) is 1.15. The van der Waals surface area contributed by atoms with E-state index in [9.17, 15) is 9.59 Å². The van der Waals surface area contributed by atoms with E-state index in [0.29, 0.717) is 12.5 Å². The van der Waals surface area contributed by atoms with E-state index >= 15 is 0 Å². The zero-order valence-corrected chi connectivity index (χ0v) is 12.0. The lowest BCUT2D eigenvalue weighted by Gasteiger charge is -2.08. The van der Waals surface area contributed by atoms with Crippen LogP contribution in [0.4, 0.5) is 4.79 Å². The van der Waals surface area contributed by atoms with Crippen LogP contribution in [0.1, 0.15) is 31.2 Å². The van der Waals surface area contributed by atoms with Gasteiger partial charge in [0, 0.05) is 18.5 Å². The van der Waals surface area contributed by atoms with Crippen molar-refractivity contribution in [3.63, 3.8) is 0 Å². The second kappa shape index (κ2) is 6.97. The summed E-state index contributed by atoms with van der Waals surface area (Å²) in [6.45, 7) is 2.70. The minimum Gasteiger partial charge on any atom is -0.494 e. The van der Waals surface area contributed by atoms with E-state index in [1.165, 1.54) is 0 Å². The maximum Gasteiger partial charge on any atom is 0.315 e. The predicted molar refractivity (Wildman–Crippen MR) is 77.5 cm³/mol. The second-order valence-corrected chi connectivity index (χ2v) is 5.00. The van der Waals surface area contributed by atoms with Gasteiger partial charge in [-0.25, -0.2) is 4.79 Å². The molecule has 1 aromatic carbocycles. The fraction of sp³-hybridized carbons (Fsp3) is 0.467. The number of carboxylic acids is 1. The summed E-state index contributed by atoms with van der Waals surface area (Å²) in [6.07, 6.45) is 0.819. The molecule has 3 N–H and O–H groups in total. The van der Waals surface area contributed by atoms with Crippen molar-refractivity contribution < 1.29 is 19.4 Å². The second-order valence-electron chi connectivity index (χ2n) is 5.00. The van der Waals surface area contributed by atoms with Crippen molar-refractivity contribution in [1.29, 1.82) is 0 Å². The van der Waals surface area contributed by atoms with Gasteiger partial charge in [0.2, 0.25) is 0 Å². The van der Waals surface area contributed by atoms with Gasteiger partial charge in [-0.3, -0.25) is 4.79 Å². The first-order valence-electron chi connectivity index (χ1n) is 7.09. The molecule has 0 aliphatic heterocycles. The van der Waals surface area contributed by atoms with Crippen LogP contribution in [0.15, 0.2) is 24.3 Å². The van der Waals surface area contributed by atoms with E-state index in [4.69, 9.17) is 9.84 Å². The molecule has 0 unspecified atom stereocenters. The van der Waals surface area contributed by atoms with Crippen LogP contribution in [0.3, 0.4) is 0 Å². The lowest BCUT2D eigenvalue weighted by molar-refractivity contribution is -0.136. The topological polar surface area (TPSA) is 87.7 Å². The molecule has 6 heteroatoms. The molecule has 0 heterocycles. The van der Waals surface area contributed by atoms with Crippen molar-refractivity contribution in [2.75, 3.05) is 13.2 Å². The lowest BCUT2D eigenvalue weighted by Crippen LogP contribution is -2.38. The fourth-order valence-electron chi connectivity index (χ4n) is 2.23. The number of hydrogen-bond acceptors (Lipinski definition) is 3. The third-order valence-electron chi connectivity index (χ3n) is 3.33. The largest absolute Gasteiger partial charge is 0.494 e. The van der Waals surface area contributed by atoms with E-state index in [1.807, 2.05) is 31.2 Å². The first-order valence-corrected chi connectivity index (χ1v) is 7.09. The third kappa shape index (κ3) is 4.66. The summed E-state index contributed by atoms with van der Waals surface area (Å²) in [5, 5.41) is 13.9. The summed E-state index contributed by atoms with van der Waals surface area (Å²) in [7, 11) is 0. The number of carbonyl (C=O) groups excluding carboxylic acids is 1. The summed E-state index contributed by atoms with van der Waals surface area (Å²) in [6, 6.07) is 7.67. The first kappa shape index (κ1) is 15.2. The van der Waals surface area contributed by atoms with Crippen LogP contribution >= 0.6 is 0 Å². The molecule has 0 bridgehead atoms.